The Kier molecular flexibility index (Phi) is 3.96. The summed E-state index contributed by atoms with van der Waals surface area (Å²) in [5.41, 5.74) is 2.88. The molecule has 0 spiro atoms. The highest BCUT2D eigenvalue weighted by atomic mass is 15.1. The third-order valence-electron chi connectivity index (χ3n) is 4.09. The van der Waals surface area contributed by atoms with Gasteiger partial charge in [0.1, 0.15) is 0 Å². The minimum Gasteiger partial charge on any atom is -0.312 e. The minimum absolute atomic E-state index is 0.972. The molecule has 1 saturated heterocycles. The summed E-state index contributed by atoms with van der Waals surface area (Å²) in [5.74, 6) is 0.972. The van der Waals surface area contributed by atoms with Crippen molar-refractivity contribution in [3.05, 3.63) is 35.4 Å². The van der Waals surface area contributed by atoms with Crippen LogP contribution in [-0.2, 0) is 13.1 Å². The summed E-state index contributed by atoms with van der Waals surface area (Å²) in [6, 6.07) is 9.16. The lowest BCUT2D eigenvalue weighted by atomic mass is 10.1. The van der Waals surface area contributed by atoms with Gasteiger partial charge in [-0.3, -0.25) is 4.90 Å². The second kappa shape index (κ2) is 5.85. The monoisotopic (exact) mass is 244 g/mol. The minimum atomic E-state index is 0.972. The van der Waals surface area contributed by atoms with Crippen LogP contribution in [0, 0.1) is 5.92 Å². The van der Waals surface area contributed by atoms with Crippen LogP contribution in [0.1, 0.15) is 36.8 Å². The summed E-state index contributed by atoms with van der Waals surface area (Å²) in [4.78, 5) is 2.56. The molecule has 0 radical (unpaired) electrons. The average Bonchev–Trinajstić information content (AvgIpc) is 3.07. The van der Waals surface area contributed by atoms with E-state index in [9.17, 15) is 0 Å². The normalized spacial score (nSPS) is 20.4. The van der Waals surface area contributed by atoms with Crippen molar-refractivity contribution in [2.45, 2.75) is 38.8 Å². The summed E-state index contributed by atoms with van der Waals surface area (Å²) in [6.07, 6.45) is 5.62. The molecule has 3 rings (SSSR count). The molecule has 2 nitrogen and oxygen atoms in total. The van der Waals surface area contributed by atoms with Gasteiger partial charge in [0.05, 0.1) is 0 Å². The lowest BCUT2D eigenvalue weighted by Gasteiger charge is -2.14. The third kappa shape index (κ3) is 3.56. The second-order valence-electron chi connectivity index (χ2n) is 5.87. The SMILES string of the molecule is c1cc(CN2CCCC2)ccc1CNCC1CC1. The van der Waals surface area contributed by atoms with Gasteiger partial charge in [0.25, 0.3) is 0 Å². The first-order chi connectivity index (χ1) is 8.90. The summed E-state index contributed by atoms with van der Waals surface area (Å²) in [7, 11) is 0. The van der Waals surface area contributed by atoms with Gasteiger partial charge in [-0.1, -0.05) is 24.3 Å². The molecule has 1 aliphatic heterocycles. The molecule has 2 fully saturated rings. The first-order valence-corrected chi connectivity index (χ1v) is 7.41. The van der Waals surface area contributed by atoms with E-state index in [0.717, 1.165) is 19.0 Å². The van der Waals surface area contributed by atoms with Crippen molar-refractivity contribution < 1.29 is 0 Å². The molecule has 1 aromatic rings. The summed E-state index contributed by atoms with van der Waals surface area (Å²) < 4.78 is 0. The van der Waals surface area contributed by atoms with E-state index in [1.165, 1.54) is 56.4 Å². The lowest BCUT2D eigenvalue weighted by Crippen LogP contribution is -2.18. The average molecular weight is 244 g/mol. The second-order valence-corrected chi connectivity index (χ2v) is 5.87. The molecule has 18 heavy (non-hydrogen) atoms. The molecule has 1 N–H and O–H groups in total. The Morgan fingerprint density at radius 1 is 1.00 bits per heavy atom. The molecule has 0 atom stereocenters. The van der Waals surface area contributed by atoms with Crippen molar-refractivity contribution in [2.24, 2.45) is 5.92 Å². The number of rotatable bonds is 6. The molecule has 1 aromatic carbocycles. The van der Waals surface area contributed by atoms with Gasteiger partial charge in [0.15, 0.2) is 0 Å². The van der Waals surface area contributed by atoms with Crippen LogP contribution in [0.2, 0.25) is 0 Å². The van der Waals surface area contributed by atoms with E-state index in [0.29, 0.717) is 0 Å². The maximum atomic E-state index is 3.55. The highest BCUT2D eigenvalue weighted by Gasteiger charge is 2.20. The fourth-order valence-electron chi connectivity index (χ4n) is 2.70. The molecule has 0 unspecified atom stereocenters. The number of likely N-dealkylation sites (tertiary alicyclic amines) is 1. The highest BCUT2D eigenvalue weighted by Crippen LogP contribution is 2.27. The molecule has 2 aliphatic rings. The zero-order valence-corrected chi connectivity index (χ0v) is 11.2. The molecular formula is C16H24N2. The molecule has 2 heteroatoms. The van der Waals surface area contributed by atoms with Crippen LogP contribution in [0.4, 0.5) is 0 Å². The van der Waals surface area contributed by atoms with E-state index in [1.807, 2.05) is 0 Å². The van der Waals surface area contributed by atoms with Crippen LogP contribution in [-0.4, -0.2) is 24.5 Å². The van der Waals surface area contributed by atoms with Crippen LogP contribution in [0.25, 0.3) is 0 Å². The number of nitrogens with zero attached hydrogens (tertiary/aromatic N) is 1. The van der Waals surface area contributed by atoms with Gasteiger partial charge in [-0.25, -0.2) is 0 Å². The van der Waals surface area contributed by atoms with Gasteiger partial charge < -0.3 is 5.32 Å². The van der Waals surface area contributed by atoms with Crippen molar-refractivity contribution >= 4 is 0 Å². The number of hydrogen-bond donors (Lipinski definition) is 1. The van der Waals surface area contributed by atoms with E-state index in [-0.39, 0.29) is 0 Å². The third-order valence-corrected chi connectivity index (χ3v) is 4.09. The molecule has 1 aliphatic carbocycles. The smallest absolute Gasteiger partial charge is 0.0233 e. The molecule has 1 heterocycles. The Morgan fingerprint density at radius 3 is 2.33 bits per heavy atom. The number of hydrogen-bond acceptors (Lipinski definition) is 2. The fourth-order valence-corrected chi connectivity index (χ4v) is 2.70. The molecule has 98 valence electrons. The summed E-state index contributed by atoms with van der Waals surface area (Å²) in [5, 5.41) is 3.55. The first-order valence-electron chi connectivity index (χ1n) is 7.41. The predicted molar refractivity (Wildman–Crippen MR) is 75.4 cm³/mol. The van der Waals surface area contributed by atoms with E-state index in [1.54, 1.807) is 0 Å². The number of nitrogens with one attached hydrogen (secondary N) is 1. The maximum Gasteiger partial charge on any atom is 0.0233 e. The highest BCUT2D eigenvalue weighted by molar-refractivity contribution is 5.22. The topological polar surface area (TPSA) is 15.3 Å². The van der Waals surface area contributed by atoms with E-state index in [2.05, 4.69) is 34.5 Å². The van der Waals surface area contributed by atoms with E-state index >= 15 is 0 Å². The zero-order valence-electron chi connectivity index (χ0n) is 11.2. The molecule has 0 bridgehead atoms. The lowest BCUT2D eigenvalue weighted by molar-refractivity contribution is 0.331. The standard InChI is InChI=1S/C16H24N2/c1-2-10-18(9-1)13-16-7-5-15(6-8-16)12-17-11-14-3-4-14/h5-8,14,17H,1-4,9-13H2. The molecule has 0 amide bonds. The van der Waals surface area contributed by atoms with E-state index in [4.69, 9.17) is 0 Å². The maximum absolute atomic E-state index is 3.55. The fraction of sp³-hybridized carbons (Fsp3) is 0.625. The van der Waals surface area contributed by atoms with Crippen molar-refractivity contribution in [1.29, 1.82) is 0 Å². The van der Waals surface area contributed by atoms with Crippen LogP contribution < -0.4 is 5.32 Å². The quantitative estimate of drug-likeness (QED) is 0.828. The van der Waals surface area contributed by atoms with Gasteiger partial charge in [0, 0.05) is 13.1 Å². The van der Waals surface area contributed by atoms with E-state index < -0.39 is 0 Å². The van der Waals surface area contributed by atoms with Crippen LogP contribution in [0.5, 0.6) is 0 Å². The predicted octanol–water partition coefficient (Wildman–Crippen LogP) is 2.78. The van der Waals surface area contributed by atoms with Crippen molar-refractivity contribution in [3.63, 3.8) is 0 Å². The van der Waals surface area contributed by atoms with Crippen molar-refractivity contribution in [3.8, 4) is 0 Å². The van der Waals surface area contributed by atoms with Crippen LogP contribution in [0.15, 0.2) is 24.3 Å². The van der Waals surface area contributed by atoms with Gasteiger partial charge in [-0.05, 0) is 62.4 Å². The van der Waals surface area contributed by atoms with Crippen LogP contribution >= 0.6 is 0 Å². The Labute approximate surface area is 110 Å². The summed E-state index contributed by atoms with van der Waals surface area (Å²) in [6.45, 7) is 5.93. The largest absolute Gasteiger partial charge is 0.312 e. The Morgan fingerprint density at radius 2 is 1.67 bits per heavy atom. The van der Waals surface area contributed by atoms with Gasteiger partial charge in [0.2, 0.25) is 0 Å². The van der Waals surface area contributed by atoms with Gasteiger partial charge in [-0.2, -0.15) is 0 Å². The Balaban J connectivity index is 1.45. The summed E-state index contributed by atoms with van der Waals surface area (Å²) >= 11 is 0. The van der Waals surface area contributed by atoms with Crippen molar-refractivity contribution in [1.82, 2.24) is 10.2 Å². The van der Waals surface area contributed by atoms with Gasteiger partial charge in [-0.15, -0.1) is 0 Å². The number of benzene rings is 1. The first kappa shape index (κ1) is 12.2. The van der Waals surface area contributed by atoms with Crippen molar-refractivity contribution in [2.75, 3.05) is 19.6 Å². The molecule has 1 saturated carbocycles. The van der Waals surface area contributed by atoms with Gasteiger partial charge >= 0.3 is 0 Å². The zero-order chi connectivity index (χ0) is 12.2. The van der Waals surface area contributed by atoms with Crippen LogP contribution in [0.3, 0.4) is 0 Å². The molecular weight excluding hydrogens is 220 g/mol. The Bertz CT molecular complexity index is 361. The molecule has 0 aromatic heterocycles. The Hall–Kier alpha value is -0.860.